The molecule has 0 aliphatic heterocycles. The number of hydrogen-bond acceptors (Lipinski definition) is 6. The highest BCUT2D eigenvalue weighted by molar-refractivity contribution is 7.99. The Morgan fingerprint density at radius 1 is 1.14 bits per heavy atom. The molecule has 0 bridgehead atoms. The quantitative estimate of drug-likeness (QED) is 0.390. The molecule has 0 saturated heterocycles. The average molecular weight is 397 g/mol. The average Bonchev–Trinajstić information content (AvgIpc) is 3.33. The molecular formula is C18H19N7O2S. The van der Waals surface area contributed by atoms with Crippen molar-refractivity contribution in [3.63, 3.8) is 0 Å². The van der Waals surface area contributed by atoms with E-state index in [1.807, 2.05) is 30.3 Å². The van der Waals surface area contributed by atoms with Crippen molar-refractivity contribution >= 4 is 22.9 Å². The summed E-state index contributed by atoms with van der Waals surface area (Å²) < 4.78 is 4.31. The van der Waals surface area contributed by atoms with Crippen LogP contribution in [-0.2, 0) is 20.6 Å². The second-order valence-corrected chi connectivity index (χ2v) is 7.42. The van der Waals surface area contributed by atoms with Gasteiger partial charge in [-0.2, -0.15) is 0 Å². The van der Waals surface area contributed by atoms with Crippen LogP contribution in [0.15, 0.2) is 51.4 Å². The molecule has 1 aromatic carbocycles. The molecule has 10 heteroatoms. The van der Waals surface area contributed by atoms with E-state index in [0.29, 0.717) is 35.0 Å². The number of H-pyrrole nitrogens is 1. The first kappa shape index (κ1) is 18.2. The number of fused-ring (bicyclic) bond motifs is 1. The fourth-order valence-electron chi connectivity index (χ4n) is 3.02. The molecule has 28 heavy (non-hydrogen) atoms. The highest BCUT2D eigenvalue weighted by atomic mass is 32.2. The van der Waals surface area contributed by atoms with Gasteiger partial charge < -0.3 is 4.57 Å². The number of rotatable bonds is 6. The molecule has 4 rings (SSSR count). The summed E-state index contributed by atoms with van der Waals surface area (Å²) in [5.41, 5.74) is 1.13. The maximum atomic E-state index is 12.7. The van der Waals surface area contributed by atoms with Gasteiger partial charge >= 0.3 is 5.69 Å². The molecule has 0 aliphatic rings. The summed E-state index contributed by atoms with van der Waals surface area (Å²) in [6.07, 6.45) is 2.18. The van der Waals surface area contributed by atoms with Crippen LogP contribution in [-0.4, -0.2) is 39.6 Å². The van der Waals surface area contributed by atoms with Crippen LogP contribution in [0.1, 0.15) is 6.42 Å². The monoisotopic (exact) mass is 397 g/mol. The first-order valence-corrected chi connectivity index (χ1v) is 9.76. The molecule has 0 saturated carbocycles. The van der Waals surface area contributed by atoms with Gasteiger partial charge in [-0.25, -0.2) is 14.8 Å². The van der Waals surface area contributed by atoms with Gasteiger partial charge in [0.15, 0.2) is 17.0 Å². The highest BCUT2D eigenvalue weighted by Gasteiger charge is 2.14. The van der Waals surface area contributed by atoms with Crippen LogP contribution in [0, 0.1) is 0 Å². The fraction of sp³-hybridized carbons (Fsp3) is 0.278. The van der Waals surface area contributed by atoms with E-state index in [0.717, 1.165) is 11.4 Å². The second-order valence-electron chi connectivity index (χ2n) is 6.36. The van der Waals surface area contributed by atoms with E-state index in [1.165, 1.54) is 20.9 Å². The van der Waals surface area contributed by atoms with Gasteiger partial charge in [-0.1, -0.05) is 42.1 Å². The number of imidazole rings is 1. The van der Waals surface area contributed by atoms with Crippen molar-refractivity contribution < 1.29 is 0 Å². The van der Waals surface area contributed by atoms with E-state index in [4.69, 9.17) is 0 Å². The number of benzene rings is 1. The van der Waals surface area contributed by atoms with E-state index in [-0.39, 0.29) is 11.2 Å². The SMILES string of the molecule is Cn1cnc2c1c(=O)n(CCCSc1n[nH]c(-c3ccccc3)n1)c(=O)n2C. The standard InChI is InChI=1S/C18H19N7O2S/c1-23-11-19-15-13(23)16(26)25(18(27)24(15)2)9-6-10-28-17-20-14(21-22-17)12-7-4-3-5-8-12/h3-5,7-8,11H,6,9-10H2,1-2H3,(H,20,21,22). The molecule has 3 heterocycles. The molecule has 0 spiro atoms. The van der Waals surface area contributed by atoms with Crippen molar-refractivity contribution in [1.29, 1.82) is 0 Å². The Bertz CT molecular complexity index is 1240. The zero-order chi connectivity index (χ0) is 19.7. The lowest BCUT2D eigenvalue weighted by atomic mass is 10.2. The van der Waals surface area contributed by atoms with Crippen molar-refractivity contribution in [3.05, 3.63) is 57.5 Å². The van der Waals surface area contributed by atoms with E-state index in [9.17, 15) is 9.59 Å². The topological polar surface area (TPSA) is 103 Å². The summed E-state index contributed by atoms with van der Waals surface area (Å²) in [4.78, 5) is 33.7. The third-order valence-corrected chi connectivity index (χ3v) is 5.40. The summed E-state index contributed by atoms with van der Waals surface area (Å²) >= 11 is 1.48. The van der Waals surface area contributed by atoms with E-state index in [2.05, 4.69) is 20.2 Å². The molecule has 0 amide bonds. The van der Waals surface area contributed by atoms with Gasteiger partial charge in [-0.3, -0.25) is 19.0 Å². The van der Waals surface area contributed by atoms with Crippen molar-refractivity contribution in [2.75, 3.05) is 5.75 Å². The summed E-state index contributed by atoms with van der Waals surface area (Å²) in [7, 11) is 3.37. The van der Waals surface area contributed by atoms with Gasteiger partial charge in [0, 0.05) is 32.0 Å². The lowest BCUT2D eigenvalue weighted by Gasteiger charge is -2.08. The lowest BCUT2D eigenvalue weighted by molar-refractivity contribution is 0.594. The Hall–Kier alpha value is -3.14. The minimum absolute atomic E-state index is 0.313. The maximum Gasteiger partial charge on any atom is 0.332 e. The van der Waals surface area contributed by atoms with E-state index < -0.39 is 0 Å². The highest BCUT2D eigenvalue weighted by Crippen LogP contribution is 2.19. The molecule has 0 atom stereocenters. The Morgan fingerprint density at radius 2 is 1.93 bits per heavy atom. The van der Waals surface area contributed by atoms with Gasteiger partial charge in [-0.15, -0.1) is 5.10 Å². The predicted octanol–water partition coefficient (Wildman–Crippen LogP) is 1.40. The third kappa shape index (κ3) is 3.26. The van der Waals surface area contributed by atoms with Crippen LogP contribution in [0.4, 0.5) is 0 Å². The first-order valence-electron chi connectivity index (χ1n) is 8.77. The Kier molecular flexibility index (Phi) is 4.86. The van der Waals surface area contributed by atoms with Crippen molar-refractivity contribution in [3.8, 4) is 11.4 Å². The van der Waals surface area contributed by atoms with Crippen LogP contribution < -0.4 is 11.2 Å². The van der Waals surface area contributed by atoms with Crippen molar-refractivity contribution in [2.24, 2.45) is 14.1 Å². The number of aryl methyl sites for hydroxylation is 2. The zero-order valence-electron chi connectivity index (χ0n) is 15.5. The van der Waals surface area contributed by atoms with Gasteiger partial charge in [-0.05, 0) is 6.42 Å². The van der Waals surface area contributed by atoms with Crippen LogP contribution >= 0.6 is 11.8 Å². The van der Waals surface area contributed by atoms with Gasteiger partial charge in [0.05, 0.1) is 6.33 Å². The molecule has 9 nitrogen and oxygen atoms in total. The lowest BCUT2D eigenvalue weighted by Crippen LogP contribution is -2.39. The summed E-state index contributed by atoms with van der Waals surface area (Å²) in [5.74, 6) is 1.40. The largest absolute Gasteiger partial charge is 0.332 e. The zero-order valence-corrected chi connectivity index (χ0v) is 16.3. The van der Waals surface area contributed by atoms with Crippen LogP contribution in [0.2, 0.25) is 0 Å². The molecule has 0 unspecified atom stereocenters. The molecule has 1 N–H and O–H groups in total. The molecule has 0 radical (unpaired) electrons. The summed E-state index contributed by atoms with van der Waals surface area (Å²) in [6, 6.07) is 9.77. The summed E-state index contributed by atoms with van der Waals surface area (Å²) in [5, 5.41) is 7.78. The van der Waals surface area contributed by atoms with Crippen LogP contribution in [0.5, 0.6) is 0 Å². The number of nitrogens with one attached hydrogen (secondary N) is 1. The van der Waals surface area contributed by atoms with Crippen LogP contribution in [0.25, 0.3) is 22.6 Å². The van der Waals surface area contributed by atoms with Crippen LogP contribution in [0.3, 0.4) is 0 Å². The minimum atomic E-state index is -0.356. The second kappa shape index (κ2) is 7.47. The molecular weight excluding hydrogens is 378 g/mol. The minimum Gasteiger partial charge on any atom is -0.328 e. The first-order chi connectivity index (χ1) is 13.6. The Balaban J connectivity index is 1.44. The molecule has 0 fully saturated rings. The molecule has 0 aliphatic carbocycles. The van der Waals surface area contributed by atoms with Crippen molar-refractivity contribution in [1.82, 2.24) is 33.9 Å². The number of nitrogens with zero attached hydrogens (tertiary/aromatic N) is 6. The van der Waals surface area contributed by atoms with Gasteiger partial charge in [0.25, 0.3) is 5.56 Å². The number of thioether (sulfide) groups is 1. The third-order valence-electron chi connectivity index (χ3n) is 4.47. The normalized spacial score (nSPS) is 11.4. The number of aromatic nitrogens is 7. The number of aromatic amines is 1. The Morgan fingerprint density at radius 3 is 2.71 bits per heavy atom. The van der Waals surface area contributed by atoms with E-state index in [1.54, 1.807) is 25.0 Å². The molecule has 4 aromatic rings. The maximum absolute atomic E-state index is 12.7. The number of hydrogen-bond donors (Lipinski definition) is 1. The molecule has 3 aromatic heterocycles. The molecule has 144 valence electrons. The Labute approximate surface area is 164 Å². The fourth-order valence-corrected chi connectivity index (χ4v) is 3.74. The van der Waals surface area contributed by atoms with Crippen molar-refractivity contribution in [2.45, 2.75) is 18.1 Å². The van der Waals surface area contributed by atoms with Gasteiger partial charge in [0.1, 0.15) is 0 Å². The predicted molar refractivity (Wildman–Crippen MR) is 107 cm³/mol. The van der Waals surface area contributed by atoms with E-state index >= 15 is 0 Å². The van der Waals surface area contributed by atoms with Gasteiger partial charge in [0.2, 0.25) is 5.16 Å². The smallest absolute Gasteiger partial charge is 0.328 e. The summed E-state index contributed by atoms with van der Waals surface area (Å²) in [6.45, 7) is 0.329.